The van der Waals surface area contributed by atoms with Gasteiger partial charge in [-0.1, -0.05) is 18.2 Å². The molecule has 4 rings (SSSR count). The van der Waals surface area contributed by atoms with Crippen LogP contribution in [0.5, 0.6) is 5.88 Å². The number of carbonyl (C=O) groups excluding carboxylic acids is 2. The Balaban J connectivity index is 1.57. The quantitative estimate of drug-likeness (QED) is 0.414. The minimum atomic E-state index is -4.41. The Kier molecular flexibility index (Phi) is 5.48. The number of amides is 3. The number of nitrogens with zero attached hydrogens (tertiary/aromatic N) is 3. The lowest BCUT2D eigenvalue weighted by Crippen LogP contribution is -2.32. The maximum Gasteiger partial charge on any atom is 0.446 e. The van der Waals surface area contributed by atoms with E-state index < -0.39 is 17.4 Å². The molecule has 0 saturated carbocycles. The molecule has 160 valence electrons. The first kappa shape index (κ1) is 21.0. The number of methoxy groups -OCH3 is 1. The second kappa shape index (κ2) is 8.10. The molecule has 0 spiro atoms. The van der Waals surface area contributed by atoms with Crippen LogP contribution >= 0.6 is 11.8 Å². The third-order valence-electron chi connectivity index (χ3n) is 4.71. The van der Waals surface area contributed by atoms with Crippen LogP contribution in [-0.4, -0.2) is 41.0 Å². The molecule has 0 radical (unpaired) electrons. The lowest BCUT2D eigenvalue weighted by molar-refractivity contribution is -0.116. The minimum Gasteiger partial charge on any atom is -0.481 e. The summed E-state index contributed by atoms with van der Waals surface area (Å²) in [7, 11) is 1.49. The third kappa shape index (κ3) is 4.43. The highest BCUT2D eigenvalue weighted by Crippen LogP contribution is 2.37. The average molecular weight is 447 g/mol. The van der Waals surface area contributed by atoms with Crippen molar-refractivity contribution in [1.82, 2.24) is 9.88 Å². The predicted molar refractivity (Wildman–Crippen MR) is 110 cm³/mol. The Bertz CT molecular complexity index is 1150. The van der Waals surface area contributed by atoms with E-state index in [9.17, 15) is 22.8 Å². The average Bonchev–Trinajstić information content (AvgIpc) is 3.00. The number of pyridine rings is 1. The Labute approximate surface area is 179 Å². The van der Waals surface area contributed by atoms with Gasteiger partial charge in [0.25, 0.3) is 5.91 Å². The number of fused-ring (bicyclic) bond motifs is 1. The second-order valence-corrected chi connectivity index (χ2v) is 7.89. The molecule has 6 nitrogen and oxygen atoms in total. The van der Waals surface area contributed by atoms with Crippen molar-refractivity contribution < 1.29 is 27.5 Å². The monoisotopic (exact) mass is 447 g/mol. The number of benzene rings is 2. The van der Waals surface area contributed by atoms with Gasteiger partial charge in [0, 0.05) is 22.9 Å². The zero-order valence-electron chi connectivity index (χ0n) is 16.2. The highest BCUT2D eigenvalue weighted by atomic mass is 32.2. The number of anilines is 1. The van der Waals surface area contributed by atoms with Gasteiger partial charge in [0.1, 0.15) is 6.54 Å². The molecular weight excluding hydrogens is 431 g/mol. The van der Waals surface area contributed by atoms with E-state index in [1.165, 1.54) is 36.3 Å². The summed E-state index contributed by atoms with van der Waals surface area (Å²) in [5.41, 5.74) is -2.72. The number of alkyl halides is 3. The van der Waals surface area contributed by atoms with E-state index in [2.05, 4.69) is 4.98 Å². The van der Waals surface area contributed by atoms with Crippen LogP contribution in [0, 0.1) is 0 Å². The zero-order chi connectivity index (χ0) is 22.2. The highest BCUT2D eigenvalue weighted by Gasteiger charge is 2.37. The summed E-state index contributed by atoms with van der Waals surface area (Å²) in [4.78, 5) is 32.2. The molecule has 0 atom stereocenters. The fourth-order valence-corrected chi connectivity index (χ4v) is 3.93. The van der Waals surface area contributed by atoms with Gasteiger partial charge in [0.2, 0.25) is 5.88 Å². The van der Waals surface area contributed by atoms with E-state index in [0.29, 0.717) is 11.4 Å². The zero-order valence-corrected chi connectivity index (χ0v) is 17.0. The fourth-order valence-electron chi connectivity index (χ4n) is 3.39. The first-order valence-electron chi connectivity index (χ1n) is 9.15. The van der Waals surface area contributed by atoms with Crippen molar-refractivity contribution in [3.05, 3.63) is 60.2 Å². The van der Waals surface area contributed by atoms with Gasteiger partial charge in [-0.3, -0.25) is 4.79 Å². The number of hydrogen-bond donors (Lipinski definition) is 0. The van der Waals surface area contributed by atoms with E-state index in [-0.39, 0.29) is 35.4 Å². The molecule has 10 heteroatoms. The minimum absolute atomic E-state index is 0.0254. The Hall–Kier alpha value is -3.27. The Morgan fingerprint density at radius 3 is 2.48 bits per heavy atom. The van der Waals surface area contributed by atoms with E-state index in [0.717, 1.165) is 15.8 Å². The molecule has 2 aromatic carbocycles. The Morgan fingerprint density at radius 1 is 1.10 bits per heavy atom. The number of halogens is 3. The van der Waals surface area contributed by atoms with Crippen LogP contribution in [-0.2, 0) is 11.3 Å². The molecule has 3 amide bonds. The molecule has 1 aromatic heterocycles. The number of carbonyl (C=O) groups is 2. The molecule has 0 aliphatic carbocycles. The molecule has 0 N–H and O–H groups in total. The first-order valence-corrected chi connectivity index (χ1v) is 9.97. The number of thioether (sulfide) groups is 1. The summed E-state index contributed by atoms with van der Waals surface area (Å²) < 4.78 is 42.8. The topological polar surface area (TPSA) is 62.7 Å². The van der Waals surface area contributed by atoms with Crippen LogP contribution < -0.4 is 9.64 Å². The fraction of sp³-hybridized carbons (Fsp3) is 0.190. The smallest absolute Gasteiger partial charge is 0.446 e. The Morgan fingerprint density at radius 2 is 1.81 bits per heavy atom. The summed E-state index contributed by atoms with van der Waals surface area (Å²) in [6.07, 6.45) is 0. The third-order valence-corrected chi connectivity index (χ3v) is 5.45. The van der Waals surface area contributed by atoms with Gasteiger partial charge >= 0.3 is 11.5 Å². The van der Waals surface area contributed by atoms with Gasteiger partial charge in [-0.15, -0.1) is 0 Å². The van der Waals surface area contributed by atoms with Crippen molar-refractivity contribution in [2.75, 3.05) is 18.6 Å². The van der Waals surface area contributed by atoms with E-state index in [1.54, 1.807) is 6.07 Å². The molecule has 3 aromatic rings. The molecule has 1 fully saturated rings. The van der Waals surface area contributed by atoms with Crippen molar-refractivity contribution in [2.45, 2.75) is 16.9 Å². The number of urea groups is 1. The van der Waals surface area contributed by atoms with Gasteiger partial charge in [-0.05, 0) is 47.7 Å². The molecule has 31 heavy (non-hydrogen) atoms. The number of para-hydroxylation sites is 1. The lowest BCUT2D eigenvalue weighted by Gasteiger charge is -2.18. The maximum absolute atomic E-state index is 12.9. The molecule has 1 aliphatic rings. The largest absolute Gasteiger partial charge is 0.481 e. The molecule has 1 aliphatic heterocycles. The van der Waals surface area contributed by atoms with E-state index in [4.69, 9.17) is 4.74 Å². The number of ether oxygens (including phenoxy) is 1. The number of rotatable bonds is 5. The molecule has 0 bridgehead atoms. The van der Waals surface area contributed by atoms with Crippen molar-refractivity contribution >= 4 is 40.3 Å². The van der Waals surface area contributed by atoms with Crippen LogP contribution in [0.2, 0.25) is 0 Å². The standard InChI is InChI=1S/C21H16F3N3O3S/c1-30-18-10-13(16-4-2-3-5-17(16)25-18)11-26-12-19(28)27(20(26)29)14-6-8-15(9-7-14)31-21(22,23)24/h2-10H,11-12H2,1H3. The van der Waals surface area contributed by atoms with Crippen molar-refractivity contribution in [3.63, 3.8) is 0 Å². The van der Waals surface area contributed by atoms with Gasteiger partial charge in [-0.2, -0.15) is 13.2 Å². The molecule has 0 unspecified atom stereocenters. The maximum atomic E-state index is 12.9. The van der Waals surface area contributed by atoms with Crippen LogP contribution in [0.1, 0.15) is 5.56 Å². The van der Waals surface area contributed by atoms with Crippen LogP contribution in [0.4, 0.5) is 23.7 Å². The van der Waals surface area contributed by atoms with Gasteiger partial charge in [0.15, 0.2) is 0 Å². The molecule has 1 saturated heterocycles. The van der Waals surface area contributed by atoms with Crippen molar-refractivity contribution in [1.29, 1.82) is 0 Å². The molecular formula is C21H16F3N3O3S. The highest BCUT2D eigenvalue weighted by molar-refractivity contribution is 8.00. The van der Waals surface area contributed by atoms with Crippen LogP contribution in [0.3, 0.4) is 0 Å². The summed E-state index contributed by atoms with van der Waals surface area (Å²) in [5, 5.41) is 0.829. The first-order chi connectivity index (χ1) is 14.7. The van der Waals surface area contributed by atoms with Crippen molar-refractivity contribution in [2.24, 2.45) is 0 Å². The number of imide groups is 1. The second-order valence-electron chi connectivity index (χ2n) is 6.75. The van der Waals surface area contributed by atoms with Gasteiger partial charge in [0.05, 0.1) is 18.3 Å². The van der Waals surface area contributed by atoms with E-state index >= 15 is 0 Å². The SMILES string of the molecule is COc1cc(CN2CC(=O)N(c3ccc(SC(F)(F)F)cc3)C2=O)c2ccccc2n1. The van der Waals surface area contributed by atoms with Gasteiger partial charge in [-0.25, -0.2) is 14.7 Å². The van der Waals surface area contributed by atoms with Gasteiger partial charge < -0.3 is 9.64 Å². The molecule has 2 heterocycles. The number of aromatic nitrogens is 1. The van der Waals surface area contributed by atoms with E-state index in [1.807, 2.05) is 24.3 Å². The summed E-state index contributed by atoms with van der Waals surface area (Å²) in [5.74, 6) is -0.0622. The van der Waals surface area contributed by atoms with Crippen LogP contribution in [0.15, 0.2) is 59.5 Å². The summed E-state index contributed by atoms with van der Waals surface area (Å²) in [6, 6.07) is 13.7. The van der Waals surface area contributed by atoms with Crippen molar-refractivity contribution in [3.8, 4) is 5.88 Å². The predicted octanol–water partition coefficient (Wildman–Crippen LogP) is 4.82. The summed E-state index contributed by atoms with van der Waals surface area (Å²) in [6.45, 7) is 0.0132. The lowest BCUT2D eigenvalue weighted by atomic mass is 10.1. The number of hydrogen-bond acceptors (Lipinski definition) is 5. The summed E-state index contributed by atoms with van der Waals surface area (Å²) >= 11 is -0.256. The normalized spacial score (nSPS) is 14.6. The van der Waals surface area contributed by atoms with Crippen LogP contribution in [0.25, 0.3) is 10.9 Å².